The lowest BCUT2D eigenvalue weighted by Crippen LogP contribution is -1.85. The summed E-state index contributed by atoms with van der Waals surface area (Å²) in [4.78, 5) is 16.3. The highest BCUT2D eigenvalue weighted by molar-refractivity contribution is 6.01. The molecule has 0 bridgehead atoms. The highest BCUT2D eigenvalue weighted by Crippen LogP contribution is 2.34. The van der Waals surface area contributed by atoms with Gasteiger partial charge in [0.15, 0.2) is 0 Å². The molecule has 1 aromatic carbocycles. The SMILES string of the molecule is Fc1ccccc1-c1cncc2[nH]c(-c3n[nH]c4cnc(-c5ccncc5)cc34)cc12. The number of fused-ring (bicyclic) bond motifs is 2. The van der Waals surface area contributed by atoms with E-state index in [1.165, 1.54) is 6.07 Å². The van der Waals surface area contributed by atoms with Crippen molar-refractivity contribution in [3.63, 3.8) is 0 Å². The minimum Gasteiger partial charge on any atom is -0.352 e. The van der Waals surface area contributed by atoms with E-state index < -0.39 is 0 Å². The average molecular weight is 406 g/mol. The lowest BCUT2D eigenvalue weighted by molar-refractivity contribution is 0.631. The second kappa shape index (κ2) is 6.84. The van der Waals surface area contributed by atoms with Crippen LogP contribution in [0.25, 0.3) is 55.6 Å². The van der Waals surface area contributed by atoms with Gasteiger partial charge in [0, 0.05) is 46.1 Å². The number of hydrogen-bond donors (Lipinski definition) is 2. The standard InChI is InChI=1S/C24H15FN6/c25-19-4-2-1-3-15(19)18-11-27-12-22-16(18)9-21(29-22)24-17-10-20(14-5-7-26-8-6-14)28-13-23(17)30-31-24/h1-13,29H,(H,30,31). The van der Waals surface area contributed by atoms with Crippen molar-refractivity contribution in [2.75, 3.05) is 0 Å². The maximum Gasteiger partial charge on any atom is 0.131 e. The van der Waals surface area contributed by atoms with Crippen molar-refractivity contribution < 1.29 is 4.39 Å². The molecule has 0 atom stereocenters. The first-order valence-electron chi connectivity index (χ1n) is 9.74. The zero-order valence-corrected chi connectivity index (χ0v) is 16.2. The molecule has 6 rings (SSSR count). The van der Waals surface area contributed by atoms with Crippen molar-refractivity contribution in [2.24, 2.45) is 0 Å². The van der Waals surface area contributed by atoms with Gasteiger partial charge < -0.3 is 4.98 Å². The first kappa shape index (κ1) is 17.5. The Balaban J connectivity index is 1.53. The van der Waals surface area contributed by atoms with Crippen LogP contribution in [0.3, 0.4) is 0 Å². The Morgan fingerprint density at radius 1 is 0.774 bits per heavy atom. The predicted octanol–water partition coefficient (Wildman–Crippen LogP) is 5.37. The van der Waals surface area contributed by atoms with E-state index >= 15 is 0 Å². The normalized spacial score (nSPS) is 11.4. The number of halogens is 1. The Morgan fingerprint density at radius 3 is 2.52 bits per heavy atom. The van der Waals surface area contributed by atoms with Gasteiger partial charge in [-0.05, 0) is 30.3 Å². The van der Waals surface area contributed by atoms with E-state index in [2.05, 4.69) is 30.1 Å². The van der Waals surface area contributed by atoms with Gasteiger partial charge in [0.05, 0.1) is 34.8 Å². The van der Waals surface area contributed by atoms with E-state index in [-0.39, 0.29) is 5.82 Å². The molecule has 0 fully saturated rings. The molecule has 31 heavy (non-hydrogen) atoms. The predicted molar refractivity (Wildman–Crippen MR) is 118 cm³/mol. The van der Waals surface area contributed by atoms with Crippen molar-refractivity contribution in [1.29, 1.82) is 0 Å². The summed E-state index contributed by atoms with van der Waals surface area (Å²) < 4.78 is 14.4. The number of H-pyrrole nitrogens is 2. The van der Waals surface area contributed by atoms with Crippen LogP contribution in [-0.4, -0.2) is 30.1 Å². The van der Waals surface area contributed by atoms with Gasteiger partial charge in [0.1, 0.15) is 11.5 Å². The molecule has 0 amide bonds. The fraction of sp³-hybridized carbons (Fsp3) is 0. The van der Waals surface area contributed by atoms with Crippen LogP contribution in [0.5, 0.6) is 0 Å². The van der Waals surface area contributed by atoms with E-state index in [4.69, 9.17) is 0 Å². The van der Waals surface area contributed by atoms with E-state index in [1.807, 2.05) is 30.3 Å². The molecule has 7 heteroatoms. The molecule has 0 unspecified atom stereocenters. The van der Waals surface area contributed by atoms with Gasteiger partial charge in [-0.15, -0.1) is 0 Å². The van der Waals surface area contributed by atoms with Crippen molar-refractivity contribution >= 4 is 21.8 Å². The number of aromatic amines is 2. The molecule has 5 heterocycles. The van der Waals surface area contributed by atoms with Gasteiger partial charge in [-0.3, -0.25) is 20.1 Å². The zero-order valence-electron chi connectivity index (χ0n) is 16.2. The highest BCUT2D eigenvalue weighted by atomic mass is 19.1. The van der Waals surface area contributed by atoms with E-state index in [0.29, 0.717) is 5.56 Å². The topological polar surface area (TPSA) is 83.1 Å². The fourth-order valence-corrected chi connectivity index (χ4v) is 3.88. The molecule has 0 spiro atoms. The molecular weight excluding hydrogens is 391 g/mol. The zero-order chi connectivity index (χ0) is 20.8. The third-order valence-electron chi connectivity index (χ3n) is 5.39. The maximum atomic E-state index is 14.4. The lowest BCUT2D eigenvalue weighted by atomic mass is 10.0. The Labute approximate surface area is 175 Å². The number of benzene rings is 1. The highest BCUT2D eigenvalue weighted by Gasteiger charge is 2.16. The smallest absolute Gasteiger partial charge is 0.131 e. The van der Waals surface area contributed by atoms with Crippen molar-refractivity contribution in [3.05, 3.63) is 85.3 Å². The minimum atomic E-state index is -0.280. The Kier molecular flexibility index (Phi) is 3.86. The third-order valence-corrected chi connectivity index (χ3v) is 5.39. The molecule has 0 aliphatic carbocycles. The number of hydrogen-bond acceptors (Lipinski definition) is 4. The summed E-state index contributed by atoms with van der Waals surface area (Å²) in [7, 11) is 0. The molecule has 6 aromatic rings. The molecule has 2 N–H and O–H groups in total. The monoisotopic (exact) mass is 406 g/mol. The summed E-state index contributed by atoms with van der Waals surface area (Å²) in [6, 6.07) is 14.5. The van der Waals surface area contributed by atoms with Gasteiger partial charge in [-0.2, -0.15) is 5.10 Å². The summed E-state index contributed by atoms with van der Waals surface area (Å²) in [6.07, 6.45) is 8.68. The van der Waals surface area contributed by atoms with Gasteiger partial charge in [-0.25, -0.2) is 4.39 Å². The second-order valence-electron chi connectivity index (χ2n) is 7.23. The lowest BCUT2D eigenvalue weighted by Gasteiger charge is -2.03. The van der Waals surface area contributed by atoms with Crippen LogP contribution in [-0.2, 0) is 0 Å². The molecule has 0 saturated heterocycles. The number of aromatic nitrogens is 6. The van der Waals surface area contributed by atoms with Crippen molar-refractivity contribution in [1.82, 2.24) is 30.1 Å². The number of nitrogens with zero attached hydrogens (tertiary/aromatic N) is 4. The molecule has 5 aromatic heterocycles. The van der Waals surface area contributed by atoms with Gasteiger partial charge in [-0.1, -0.05) is 18.2 Å². The Morgan fingerprint density at radius 2 is 1.65 bits per heavy atom. The van der Waals surface area contributed by atoms with Crippen LogP contribution in [0, 0.1) is 5.82 Å². The molecule has 0 aliphatic heterocycles. The van der Waals surface area contributed by atoms with E-state index in [1.54, 1.807) is 43.1 Å². The maximum absolute atomic E-state index is 14.4. The van der Waals surface area contributed by atoms with E-state index in [0.717, 1.165) is 50.0 Å². The Bertz CT molecular complexity index is 1550. The summed E-state index contributed by atoms with van der Waals surface area (Å²) >= 11 is 0. The van der Waals surface area contributed by atoms with Crippen molar-refractivity contribution in [3.8, 4) is 33.8 Å². The number of pyridine rings is 3. The summed E-state index contributed by atoms with van der Waals surface area (Å²) in [5.74, 6) is -0.280. The summed E-state index contributed by atoms with van der Waals surface area (Å²) in [6.45, 7) is 0. The van der Waals surface area contributed by atoms with Crippen LogP contribution in [0.2, 0.25) is 0 Å². The van der Waals surface area contributed by atoms with Gasteiger partial charge in [0.2, 0.25) is 0 Å². The molecule has 6 nitrogen and oxygen atoms in total. The van der Waals surface area contributed by atoms with Crippen LogP contribution in [0.1, 0.15) is 0 Å². The third kappa shape index (κ3) is 2.86. The first-order valence-corrected chi connectivity index (χ1v) is 9.74. The van der Waals surface area contributed by atoms with Crippen LogP contribution >= 0.6 is 0 Å². The molecule has 0 radical (unpaired) electrons. The Hall–Kier alpha value is -4.39. The van der Waals surface area contributed by atoms with Crippen molar-refractivity contribution in [2.45, 2.75) is 0 Å². The van der Waals surface area contributed by atoms with Crippen LogP contribution in [0.15, 0.2) is 79.5 Å². The second-order valence-corrected chi connectivity index (χ2v) is 7.23. The van der Waals surface area contributed by atoms with Gasteiger partial charge >= 0.3 is 0 Å². The quantitative estimate of drug-likeness (QED) is 0.414. The van der Waals surface area contributed by atoms with Gasteiger partial charge in [0.25, 0.3) is 0 Å². The largest absolute Gasteiger partial charge is 0.352 e. The minimum absolute atomic E-state index is 0.280. The number of nitrogens with one attached hydrogen (secondary N) is 2. The average Bonchev–Trinajstić information content (AvgIpc) is 3.43. The molecular formula is C24H15FN6. The van der Waals surface area contributed by atoms with Crippen LogP contribution in [0.4, 0.5) is 4.39 Å². The summed E-state index contributed by atoms with van der Waals surface area (Å²) in [5.41, 5.74) is 6.30. The molecule has 148 valence electrons. The van der Waals surface area contributed by atoms with Crippen LogP contribution < -0.4 is 0 Å². The summed E-state index contributed by atoms with van der Waals surface area (Å²) in [5, 5.41) is 9.38. The molecule has 0 saturated carbocycles. The van der Waals surface area contributed by atoms with E-state index in [9.17, 15) is 4.39 Å². The fourth-order valence-electron chi connectivity index (χ4n) is 3.88. The number of rotatable bonds is 3. The first-order chi connectivity index (χ1) is 15.3. The molecule has 0 aliphatic rings.